The van der Waals surface area contributed by atoms with E-state index in [0.29, 0.717) is 16.6 Å². The van der Waals surface area contributed by atoms with Gasteiger partial charge in [-0.2, -0.15) is 0 Å². The lowest BCUT2D eigenvalue weighted by molar-refractivity contribution is -0.138. The molecule has 0 aliphatic carbocycles. The number of nitrogens with zero attached hydrogens (tertiary/aromatic N) is 2. The lowest BCUT2D eigenvalue weighted by atomic mass is 10.3. The van der Waals surface area contributed by atoms with Crippen LogP contribution < -0.4 is 10.1 Å². The van der Waals surface area contributed by atoms with Crippen LogP contribution in [0, 0.1) is 0 Å². The minimum absolute atomic E-state index is 0.104. The Labute approximate surface area is 144 Å². The molecular weight excluding hydrogens is 334 g/mol. The van der Waals surface area contributed by atoms with Gasteiger partial charge in [-0.3, -0.25) is 9.59 Å². The fourth-order valence-corrected chi connectivity index (χ4v) is 2.06. The van der Waals surface area contributed by atoms with Crippen molar-refractivity contribution < 1.29 is 18.8 Å². The van der Waals surface area contributed by atoms with Crippen LogP contribution in [0.2, 0.25) is 5.02 Å². The number of rotatable bonds is 7. The Balaban J connectivity index is 1.89. The van der Waals surface area contributed by atoms with Gasteiger partial charge >= 0.3 is 0 Å². The van der Waals surface area contributed by atoms with E-state index in [-0.39, 0.29) is 31.0 Å². The van der Waals surface area contributed by atoms with Gasteiger partial charge in [0.1, 0.15) is 18.6 Å². The fourth-order valence-electron chi connectivity index (χ4n) is 1.93. The van der Waals surface area contributed by atoms with Crippen LogP contribution in [0.4, 0.5) is 5.82 Å². The van der Waals surface area contributed by atoms with Crippen LogP contribution in [-0.2, 0) is 9.59 Å². The highest BCUT2D eigenvalue weighted by molar-refractivity contribution is 6.30. The van der Waals surface area contributed by atoms with Gasteiger partial charge in [0.15, 0.2) is 12.4 Å². The van der Waals surface area contributed by atoms with E-state index in [2.05, 4.69) is 15.0 Å². The van der Waals surface area contributed by atoms with Crippen LogP contribution >= 0.6 is 11.6 Å². The van der Waals surface area contributed by atoms with Gasteiger partial charge < -0.3 is 19.5 Å². The zero-order valence-corrected chi connectivity index (χ0v) is 14.1. The van der Waals surface area contributed by atoms with Gasteiger partial charge in [-0.1, -0.05) is 16.8 Å². The van der Waals surface area contributed by atoms with E-state index in [1.165, 1.54) is 17.2 Å². The van der Waals surface area contributed by atoms with Crippen molar-refractivity contribution in [2.24, 2.45) is 0 Å². The first kappa shape index (κ1) is 17.8. The summed E-state index contributed by atoms with van der Waals surface area (Å²) in [6.07, 6.45) is 1.35. The Kier molecular flexibility index (Phi) is 6.20. The number of halogens is 1. The maximum absolute atomic E-state index is 12.3. The van der Waals surface area contributed by atoms with E-state index in [9.17, 15) is 9.59 Å². The van der Waals surface area contributed by atoms with Crippen LogP contribution in [0.25, 0.3) is 0 Å². The molecule has 7 nitrogen and oxygen atoms in total. The van der Waals surface area contributed by atoms with Crippen LogP contribution in [0.3, 0.4) is 0 Å². The summed E-state index contributed by atoms with van der Waals surface area (Å²) in [4.78, 5) is 25.7. The van der Waals surface area contributed by atoms with E-state index in [1.807, 2.05) is 13.8 Å². The smallest absolute Gasteiger partial charge is 0.261 e. The first-order valence-corrected chi connectivity index (χ1v) is 7.71. The van der Waals surface area contributed by atoms with Gasteiger partial charge in [-0.15, -0.1) is 0 Å². The van der Waals surface area contributed by atoms with Crippen molar-refractivity contribution in [1.29, 1.82) is 0 Å². The normalized spacial score (nSPS) is 10.5. The minimum atomic E-state index is -0.363. The summed E-state index contributed by atoms with van der Waals surface area (Å²) in [5, 5.41) is 6.72. The molecule has 2 aromatic rings. The number of carbonyl (C=O) groups excluding carboxylic acids is 2. The van der Waals surface area contributed by atoms with E-state index >= 15 is 0 Å². The molecular formula is C16H18ClN3O4. The summed E-state index contributed by atoms with van der Waals surface area (Å²) in [6.45, 7) is 3.37. The monoisotopic (exact) mass is 351 g/mol. The predicted molar refractivity (Wildman–Crippen MR) is 88.9 cm³/mol. The molecule has 0 aliphatic rings. The fraction of sp³-hybridized carbons (Fsp3) is 0.312. The molecule has 2 amide bonds. The van der Waals surface area contributed by atoms with Gasteiger partial charge in [0.05, 0.1) is 0 Å². The highest BCUT2D eigenvalue weighted by Gasteiger charge is 2.21. The van der Waals surface area contributed by atoms with E-state index in [4.69, 9.17) is 16.3 Å². The Morgan fingerprint density at radius 2 is 2.00 bits per heavy atom. The molecule has 0 atom stereocenters. The Bertz CT molecular complexity index is 671. The third kappa shape index (κ3) is 5.27. The minimum Gasteiger partial charge on any atom is -0.484 e. The third-order valence-corrected chi connectivity index (χ3v) is 3.39. The summed E-state index contributed by atoms with van der Waals surface area (Å²) >= 11 is 5.79. The SMILES string of the molecule is CC(C)N(CC(=O)Nc1ccon1)C(=O)COc1ccc(Cl)cc1. The van der Waals surface area contributed by atoms with Crippen LogP contribution in [-0.4, -0.2) is 41.1 Å². The first-order chi connectivity index (χ1) is 11.5. The number of aromatic nitrogens is 1. The third-order valence-electron chi connectivity index (χ3n) is 3.14. The topological polar surface area (TPSA) is 84.7 Å². The summed E-state index contributed by atoms with van der Waals surface area (Å²) in [5.74, 6) is 0.171. The van der Waals surface area contributed by atoms with Gasteiger partial charge in [0.2, 0.25) is 5.91 Å². The van der Waals surface area contributed by atoms with Crippen molar-refractivity contribution in [1.82, 2.24) is 10.1 Å². The molecule has 1 N–H and O–H groups in total. The van der Waals surface area contributed by atoms with Crippen molar-refractivity contribution in [3.8, 4) is 5.75 Å². The molecule has 24 heavy (non-hydrogen) atoms. The maximum Gasteiger partial charge on any atom is 0.261 e. The summed E-state index contributed by atoms with van der Waals surface area (Å²) < 4.78 is 10.1. The second-order valence-corrected chi connectivity index (χ2v) is 5.73. The quantitative estimate of drug-likeness (QED) is 0.828. The maximum atomic E-state index is 12.3. The largest absolute Gasteiger partial charge is 0.484 e. The van der Waals surface area contributed by atoms with Crippen LogP contribution in [0.1, 0.15) is 13.8 Å². The predicted octanol–water partition coefficient (Wildman–Crippen LogP) is 2.58. The van der Waals surface area contributed by atoms with Crippen LogP contribution in [0.15, 0.2) is 41.1 Å². The number of benzene rings is 1. The number of hydrogen-bond donors (Lipinski definition) is 1. The van der Waals surface area contributed by atoms with E-state index < -0.39 is 0 Å². The van der Waals surface area contributed by atoms with Crippen molar-refractivity contribution in [3.05, 3.63) is 41.6 Å². The summed E-state index contributed by atoms with van der Waals surface area (Å²) in [5.41, 5.74) is 0. The highest BCUT2D eigenvalue weighted by atomic mass is 35.5. The van der Waals surface area contributed by atoms with Crippen molar-refractivity contribution in [2.45, 2.75) is 19.9 Å². The number of hydrogen-bond acceptors (Lipinski definition) is 5. The molecule has 0 aliphatic heterocycles. The van der Waals surface area contributed by atoms with Crippen molar-refractivity contribution >= 4 is 29.2 Å². The summed E-state index contributed by atoms with van der Waals surface area (Å²) in [6, 6.07) is 8.05. The molecule has 1 aromatic heterocycles. The molecule has 2 rings (SSSR count). The highest BCUT2D eigenvalue weighted by Crippen LogP contribution is 2.15. The zero-order valence-electron chi connectivity index (χ0n) is 13.4. The molecule has 1 aromatic carbocycles. The van der Waals surface area contributed by atoms with Gasteiger partial charge in [-0.25, -0.2) is 0 Å². The second kappa shape index (κ2) is 8.35. The van der Waals surface area contributed by atoms with Crippen molar-refractivity contribution in [3.63, 3.8) is 0 Å². The lowest BCUT2D eigenvalue weighted by Gasteiger charge is -2.26. The number of nitrogens with one attached hydrogen (secondary N) is 1. The average molecular weight is 352 g/mol. The van der Waals surface area contributed by atoms with E-state index in [1.54, 1.807) is 24.3 Å². The van der Waals surface area contributed by atoms with Gasteiger partial charge in [0.25, 0.3) is 5.91 Å². The molecule has 0 bridgehead atoms. The molecule has 0 spiro atoms. The second-order valence-electron chi connectivity index (χ2n) is 5.29. The molecule has 8 heteroatoms. The molecule has 0 fully saturated rings. The Morgan fingerprint density at radius 3 is 2.58 bits per heavy atom. The number of carbonyl (C=O) groups is 2. The molecule has 0 saturated carbocycles. The number of ether oxygens (including phenoxy) is 1. The van der Waals surface area contributed by atoms with Crippen LogP contribution in [0.5, 0.6) is 5.75 Å². The average Bonchev–Trinajstić information content (AvgIpc) is 3.04. The van der Waals surface area contributed by atoms with Gasteiger partial charge in [0, 0.05) is 17.1 Å². The molecule has 0 saturated heterocycles. The molecule has 0 radical (unpaired) electrons. The van der Waals surface area contributed by atoms with Crippen molar-refractivity contribution in [2.75, 3.05) is 18.5 Å². The Hall–Kier alpha value is -2.54. The standard InChI is InChI=1S/C16H18ClN3O4/c1-11(2)20(9-15(21)18-14-7-8-24-19-14)16(22)10-23-13-5-3-12(17)4-6-13/h3-8,11H,9-10H2,1-2H3,(H,18,19,21). The Morgan fingerprint density at radius 1 is 1.29 bits per heavy atom. The lowest BCUT2D eigenvalue weighted by Crippen LogP contribution is -2.44. The zero-order chi connectivity index (χ0) is 17.5. The van der Waals surface area contributed by atoms with E-state index in [0.717, 1.165) is 0 Å². The molecule has 128 valence electrons. The molecule has 1 heterocycles. The number of amides is 2. The summed E-state index contributed by atoms with van der Waals surface area (Å²) in [7, 11) is 0. The van der Waals surface area contributed by atoms with Gasteiger partial charge in [-0.05, 0) is 38.1 Å². The molecule has 0 unspecified atom stereocenters. The number of anilines is 1. The first-order valence-electron chi connectivity index (χ1n) is 7.34.